The second-order valence-corrected chi connectivity index (χ2v) is 3.57. The molecule has 4 N–H and O–H groups in total. The molecule has 0 spiro atoms. The molecule has 1 atom stereocenters. The van der Waals surface area contributed by atoms with E-state index in [4.69, 9.17) is 5.73 Å². The number of hydrogen-bond donors (Lipinski definition) is 3. The third-order valence-corrected chi connectivity index (χ3v) is 2.25. The molecule has 0 aliphatic heterocycles. The van der Waals surface area contributed by atoms with Gasteiger partial charge in [0.1, 0.15) is 0 Å². The average molecular weight is 210 g/mol. The van der Waals surface area contributed by atoms with Crippen molar-refractivity contribution in [2.75, 3.05) is 6.54 Å². The molecule has 0 aliphatic rings. The number of H-pyrrole nitrogens is 1. The van der Waals surface area contributed by atoms with Gasteiger partial charge in [-0.05, 0) is 26.3 Å². The van der Waals surface area contributed by atoms with Crippen molar-refractivity contribution >= 4 is 5.91 Å². The van der Waals surface area contributed by atoms with E-state index < -0.39 is 0 Å². The van der Waals surface area contributed by atoms with Crippen LogP contribution in [0.25, 0.3) is 0 Å². The highest BCUT2D eigenvalue weighted by atomic mass is 16.1. The van der Waals surface area contributed by atoms with Crippen LogP contribution >= 0.6 is 0 Å². The Morgan fingerprint density at radius 3 is 3.07 bits per heavy atom. The number of amides is 1. The minimum Gasteiger partial charge on any atom is -0.349 e. The number of nitrogens with one attached hydrogen (secondary N) is 2. The molecule has 0 saturated carbocycles. The van der Waals surface area contributed by atoms with Crippen molar-refractivity contribution in [3.8, 4) is 0 Å². The number of carbonyl (C=O) groups excluding carboxylic acids is 1. The highest BCUT2D eigenvalue weighted by Gasteiger charge is 2.09. The molecule has 0 radical (unpaired) electrons. The van der Waals surface area contributed by atoms with Gasteiger partial charge in [-0.1, -0.05) is 0 Å². The van der Waals surface area contributed by atoms with Gasteiger partial charge in [-0.3, -0.25) is 9.89 Å². The predicted octanol–water partition coefficient (Wildman–Crippen LogP) is 0.716. The summed E-state index contributed by atoms with van der Waals surface area (Å²) in [6, 6.07) is 0.00845. The number of aromatic nitrogens is 2. The van der Waals surface area contributed by atoms with Crippen LogP contribution in [-0.2, 0) is 4.79 Å². The van der Waals surface area contributed by atoms with E-state index in [0.717, 1.165) is 18.4 Å². The molecule has 84 valence electrons. The first-order chi connectivity index (χ1) is 7.24. The molecule has 0 fully saturated rings. The highest BCUT2D eigenvalue weighted by molar-refractivity contribution is 5.76. The first-order valence-electron chi connectivity index (χ1n) is 5.22. The number of unbranched alkanes of at least 4 members (excludes halogenated alkanes) is 1. The van der Waals surface area contributed by atoms with Gasteiger partial charge in [0.05, 0.1) is 12.2 Å². The first-order valence-corrected chi connectivity index (χ1v) is 5.22. The zero-order valence-corrected chi connectivity index (χ0v) is 8.99. The largest absolute Gasteiger partial charge is 0.349 e. The fourth-order valence-corrected chi connectivity index (χ4v) is 1.32. The summed E-state index contributed by atoms with van der Waals surface area (Å²) in [5, 5.41) is 9.45. The van der Waals surface area contributed by atoms with Crippen molar-refractivity contribution in [1.82, 2.24) is 15.5 Å². The van der Waals surface area contributed by atoms with Gasteiger partial charge in [0.25, 0.3) is 0 Å². The summed E-state index contributed by atoms with van der Waals surface area (Å²) in [7, 11) is 0. The minimum atomic E-state index is 0.00845. The van der Waals surface area contributed by atoms with E-state index in [1.165, 1.54) is 0 Å². The van der Waals surface area contributed by atoms with E-state index in [0.29, 0.717) is 13.0 Å². The van der Waals surface area contributed by atoms with Gasteiger partial charge in [-0.15, -0.1) is 0 Å². The van der Waals surface area contributed by atoms with Gasteiger partial charge in [-0.25, -0.2) is 0 Å². The standard InChI is InChI=1S/C10H18N4O/c1-8(9-6-12-13-7-9)14-10(15)4-2-3-5-11/h6-8H,2-5,11H2,1H3,(H,12,13)(H,14,15). The lowest BCUT2D eigenvalue weighted by Gasteiger charge is -2.11. The summed E-state index contributed by atoms with van der Waals surface area (Å²) < 4.78 is 0. The Balaban J connectivity index is 2.26. The van der Waals surface area contributed by atoms with Crippen LogP contribution in [0, 0.1) is 0 Å². The Hall–Kier alpha value is -1.36. The van der Waals surface area contributed by atoms with Crippen LogP contribution in [-0.4, -0.2) is 22.6 Å². The second-order valence-electron chi connectivity index (χ2n) is 3.57. The zero-order chi connectivity index (χ0) is 11.1. The molecule has 0 saturated heterocycles. The van der Waals surface area contributed by atoms with Gasteiger partial charge < -0.3 is 11.1 Å². The highest BCUT2D eigenvalue weighted by Crippen LogP contribution is 2.09. The molecule has 1 rings (SSSR count). The predicted molar refractivity (Wildman–Crippen MR) is 58.1 cm³/mol. The van der Waals surface area contributed by atoms with Crippen LogP contribution in [0.5, 0.6) is 0 Å². The summed E-state index contributed by atoms with van der Waals surface area (Å²) in [5.41, 5.74) is 6.34. The Bertz CT molecular complexity index is 284. The molecule has 1 unspecified atom stereocenters. The summed E-state index contributed by atoms with van der Waals surface area (Å²) in [6.07, 6.45) is 5.78. The number of rotatable bonds is 6. The molecule has 5 nitrogen and oxygen atoms in total. The maximum absolute atomic E-state index is 11.4. The van der Waals surface area contributed by atoms with E-state index in [1.54, 1.807) is 12.4 Å². The van der Waals surface area contributed by atoms with Crippen LogP contribution in [0.4, 0.5) is 0 Å². The molecule has 1 aromatic rings. The van der Waals surface area contributed by atoms with Gasteiger partial charge in [0.2, 0.25) is 5.91 Å². The average Bonchev–Trinajstić information content (AvgIpc) is 2.70. The molecule has 15 heavy (non-hydrogen) atoms. The van der Waals surface area contributed by atoms with Gasteiger partial charge in [-0.2, -0.15) is 5.10 Å². The SMILES string of the molecule is CC(NC(=O)CCCCN)c1cn[nH]c1. The third-order valence-electron chi connectivity index (χ3n) is 2.25. The smallest absolute Gasteiger partial charge is 0.220 e. The van der Waals surface area contributed by atoms with Crippen LogP contribution in [0.1, 0.15) is 37.8 Å². The van der Waals surface area contributed by atoms with Crippen molar-refractivity contribution in [3.05, 3.63) is 18.0 Å². The Morgan fingerprint density at radius 1 is 1.67 bits per heavy atom. The van der Waals surface area contributed by atoms with Gasteiger partial charge in [0, 0.05) is 18.2 Å². The van der Waals surface area contributed by atoms with Gasteiger partial charge in [0.15, 0.2) is 0 Å². The lowest BCUT2D eigenvalue weighted by Crippen LogP contribution is -2.26. The molecule has 0 bridgehead atoms. The maximum Gasteiger partial charge on any atom is 0.220 e. The number of aromatic amines is 1. The summed E-state index contributed by atoms with van der Waals surface area (Å²) in [6.45, 7) is 2.58. The van der Waals surface area contributed by atoms with E-state index in [1.807, 2.05) is 6.92 Å². The number of carbonyl (C=O) groups is 1. The molecule has 0 aromatic carbocycles. The first kappa shape index (κ1) is 11.7. The van der Waals surface area contributed by atoms with Crippen molar-refractivity contribution in [2.24, 2.45) is 5.73 Å². The number of nitrogens with two attached hydrogens (primary N) is 1. The van der Waals surface area contributed by atoms with Crippen LogP contribution in [0.2, 0.25) is 0 Å². The molecule has 1 heterocycles. The van der Waals surface area contributed by atoms with Crippen molar-refractivity contribution in [1.29, 1.82) is 0 Å². The van der Waals surface area contributed by atoms with Crippen LogP contribution in [0.3, 0.4) is 0 Å². The molecular formula is C10H18N4O. The molecule has 0 aliphatic carbocycles. The monoisotopic (exact) mass is 210 g/mol. The van der Waals surface area contributed by atoms with Crippen molar-refractivity contribution < 1.29 is 4.79 Å². The zero-order valence-electron chi connectivity index (χ0n) is 8.99. The molecule has 1 amide bonds. The Kier molecular flexibility index (Phi) is 4.83. The van der Waals surface area contributed by atoms with Crippen LogP contribution in [0.15, 0.2) is 12.4 Å². The molecule has 5 heteroatoms. The van der Waals surface area contributed by atoms with E-state index in [2.05, 4.69) is 15.5 Å². The lowest BCUT2D eigenvalue weighted by atomic mass is 10.1. The summed E-state index contributed by atoms with van der Waals surface area (Å²) in [4.78, 5) is 11.4. The quantitative estimate of drug-likeness (QED) is 0.605. The number of nitrogens with zero attached hydrogens (tertiary/aromatic N) is 1. The fraction of sp³-hybridized carbons (Fsp3) is 0.600. The fourth-order valence-electron chi connectivity index (χ4n) is 1.32. The second kappa shape index (κ2) is 6.19. The molecular weight excluding hydrogens is 192 g/mol. The number of hydrogen-bond acceptors (Lipinski definition) is 3. The van der Waals surface area contributed by atoms with Crippen LogP contribution < -0.4 is 11.1 Å². The summed E-state index contributed by atoms with van der Waals surface area (Å²) >= 11 is 0. The molecule has 1 aromatic heterocycles. The third kappa shape index (κ3) is 4.12. The Labute approximate surface area is 89.4 Å². The van der Waals surface area contributed by atoms with E-state index in [-0.39, 0.29) is 11.9 Å². The lowest BCUT2D eigenvalue weighted by molar-refractivity contribution is -0.121. The van der Waals surface area contributed by atoms with E-state index >= 15 is 0 Å². The normalized spacial score (nSPS) is 12.4. The minimum absolute atomic E-state index is 0.00845. The Morgan fingerprint density at radius 2 is 2.47 bits per heavy atom. The van der Waals surface area contributed by atoms with E-state index in [9.17, 15) is 4.79 Å². The summed E-state index contributed by atoms with van der Waals surface area (Å²) in [5.74, 6) is 0.0668. The topological polar surface area (TPSA) is 83.8 Å². The van der Waals surface area contributed by atoms with Gasteiger partial charge >= 0.3 is 0 Å². The maximum atomic E-state index is 11.4. The van der Waals surface area contributed by atoms with Crippen molar-refractivity contribution in [3.63, 3.8) is 0 Å². The van der Waals surface area contributed by atoms with Crippen molar-refractivity contribution in [2.45, 2.75) is 32.2 Å².